The van der Waals surface area contributed by atoms with E-state index in [1.165, 1.54) is 0 Å². The van der Waals surface area contributed by atoms with E-state index in [9.17, 15) is 18.4 Å². The van der Waals surface area contributed by atoms with Gasteiger partial charge in [0, 0.05) is 5.56 Å². The summed E-state index contributed by atoms with van der Waals surface area (Å²) < 4.78 is 22.5. The molecule has 0 aliphatic heterocycles. The predicted octanol–water partition coefficient (Wildman–Crippen LogP) is 2.65. The maximum atomic E-state index is 11.9. The number of benzene rings is 2. The molecule has 0 radical (unpaired) electrons. The van der Waals surface area contributed by atoms with Crippen LogP contribution in [0.5, 0.6) is 0 Å². The third-order valence-corrected chi connectivity index (χ3v) is 4.37. The van der Waals surface area contributed by atoms with Crippen molar-refractivity contribution in [3.8, 4) is 11.1 Å². The standard InChI is InChI=1S/C17H17NO5S/c1-12-6-5-9-15(17(12)13-7-3-2-4-8-13)18(24(22)23)14(11-19)10-16(20)21/h2-9,11,14H,10H2,1H3,(H,20,21)(H,22,23). The maximum absolute atomic E-state index is 11.9. The zero-order valence-corrected chi connectivity index (χ0v) is 13.8. The van der Waals surface area contributed by atoms with Crippen molar-refractivity contribution < 1.29 is 23.5 Å². The molecule has 6 nitrogen and oxygen atoms in total. The smallest absolute Gasteiger partial charge is 0.305 e. The summed E-state index contributed by atoms with van der Waals surface area (Å²) in [5, 5.41) is 8.97. The monoisotopic (exact) mass is 347 g/mol. The molecule has 0 amide bonds. The van der Waals surface area contributed by atoms with Gasteiger partial charge < -0.3 is 9.90 Å². The van der Waals surface area contributed by atoms with E-state index in [0.29, 0.717) is 17.5 Å². The largest absolute Gasteiger partial charge is 0.481 e. The summed E-state index contributed by atoms with van der Waals surface area (Å²) >= 11 is -2.55. The van der Waals surface area contributed by atoms with Gasteiger partial charge >= 0.3 is 5.97 Å². The zero-order chi connectivity index (χ0) is 17.7. The van der Waals surface area contributed by atoms with Crippen molar-refractivity contribution in [3.05, 3.63) is 54.1 Å². The molecule has 0 spiro atoms. The van der Waals surface area contributed by atoms with Gasteiger partial charge in [-0.2, -0.15) is 0 Å². The Hall–Kier alpha value is -2.51. The Balaban J connectivity index is 2.63. The Morgan fingerprint density at radius 3 is 2.42 bits per heavy atom. The van der Waals surface area contributed by atoms with Crippen LogP contribution < -0.4 is 4.31 Å². The highest BCUT2D eigenvalue weighted by atomic mass is 32.2. The molecule has 0 aromatic heterocycles. The lowest BCUT2D eigenvalue weighted by Gasteiger charge is -2.28. The quantitative estimate of drug-likeness (QED) is 0.593. The van der Waals surface area contributed by atoms with E-state index < -0.39 is 29.7 Å². The van der Waals surface area contributed by atoms with E-state index in [0.717, 1.165) is 15.4 Å². The molecule has 126 valence electrons. The van der Waals surface area contributed by atoms with E-state index >= 15 is 0 Å². The SMILES string of the molecule is Cc1cccc(N(C(C=O)CC(=O)O)S(=O)O)c1-c1ccccc1. The van der Waals surface area contributed by atoms with Crippen LogP contribution in [0.3, 0.4) is 0 Å². The molecule has 7 heteroatoms. The highest BCUT2D eigenvalue weighted by molar-refractivity contribution is 7.80. The fourth-order valence-corrected chi connectivity index (χ4v) is 3.24. The molecule has 0 fully saturated rings. The van der Waals surface area contributed by atoms with Crippen LogP contribution in [0.4, 0.5) is 5.69 Å². The van der Waals surface area contributed by atoms with Gasteiger partial charge in [0.05, 0.1) is 12.1 Å². The summed E-state index contributed by atoms with van der Waals surface area (Å²) in [7, 11) is 0. The van der Waals surface area contributed by atoms with Crippen LogP contribution in [0.15, 0.2) is 48.5 Å². The van der Waals surface area contributed by atoms with Crippen LogP contribution in [0.25, 0.3) is 11.1 Å². The molecule has 0 saturated carbocycles. The first-order valence-electron chi connectivity index (χ1n) is 7.18. The molecule has 2 aromatic carbocycles. The predicted molar refractivity (Wildman–Crippen MR) is 92.0 cm³/mol. The number of nitrogens with zero attached hydrogens (tertiary/aromatic N) is 1. The van der Waals surface area contributed by atoms with Crippen molar-refractivity contribution in [2.24, 2.45) is 0 Å². The number of hydrogen-bond donors (Lipinski definition) is 2. The maximum Gasteiger partial charge on any atom is 0.305 e. The van der Waals surface area contributed by atoms with E-state index in [1.54, 1.807) is 12.1 Å². The number of rotatable bonds is 7. The van der Waals surface area contributed by atoms with E-state index in [-0.39, 0.29) is 0 Å². The highest BCUT2D eigenvalue weighted by Gasteiger charge is 2.28. The second-order valence-electron chi connectivity index (χ2n) is 5.19. The fraction of sp³-hybridized carbons (Fsp3) is 0.176. The summed E-state index contributed by atoms with van der Waals surface area (Å²) in [6.07, 6.45) is -0.197. The highest BCUT2D eigenvalue weighted by Crippen LogP contribution is 2.35. The summed E-state index contributed by atoms with van der Waals surface area (Å²) in [6, 6.07) is 13.1. The van der Waals surface area contributed by atoms with E-state index in [2.05, 4.69) is 0 Å². The average molecular weight is 347 g/mol. The molecule has 0 bridgehead atoms. The van der Waals surface area contributed by atoms with Gasteiger partial charge in [-0.1, -0.05) is 42.5 Å². The van der Waals surface area contributed by atoms with Gasteiger partial charge in [-0.05, 0) is 24.1 Å². The van der Waals surface area contributed by atoms with Crippen LogP contribution in [0.1, 0.15) is 12.0 Å². The van der Waals surface area contributed by atoms with Crippen molar-refractivity contribution in [1.29, 1.82) is 0 Å². The number of carbonyl (C=O) groups excluding carboxylic acids is 1. The lowest BCUT2D eigenvalue weighted by molar-refractivity contribution is -0.138. The summed E-state index contributed by atoms with van der Waals surface area (Å²) in [6.45, 7) is 1.84. The van der Waals surface area contributed by atoms with Crippen molar-refractivity contribution in [3.63, 3.8) is 0 Å². The minimum atomic E-state index is -2.55. The van der Waals surface area contributed by atoms with Gasteiger partial charge in [0.25, 0.3) is 11.3 Å². The molecular formula is C17H17NO5S. The van der Waals surface area contributed by atoms with Crippen LogP contribution in [-0.4, -0.2) is 32.2 Å². The number of carbonyl (C=O) groups is 2. The normalized spacial score (nSPS) is 13.1. The van der Waals surface area contributed by atoms with Gasteiger partial charge in [0.2, 0.25) is 0 Å². The zero-order valence-electron chi connectivity index (χ0n) is 13.0. The van der Waals surface area contributed by atoms with Gasteiger partial charge in [-0.3, -0.25) is 13.7 Å². The number of aliphatic carboxylic acids is 1. The molecule has 2 unspecified atom stereocenters. The minimum Gasteiger partial charge on any atom is -0.481 e. The number of anilines is 1. The Bertz CT molecular complexity index is 763. The van der Waals surface area contributed by atoms with Gasteiger partial charge in [-0.15, -0.1) is 0 Å². The Labute approximate surface area is 142 Å². The molecule has 0 aliphatic carbocycles. The second kappa shape index (κ2) is 7.85. The molecular weight excluding hydrogens is 330 g/mol. The average Bonchev–Trinajstić information content (AvgIpc) is 2.54. The van der Waals surface area contributed by atoms with Gasteiger partial charge in [0.1, 0.15) is 12.3 Å². The van der Waals surface area contributed by atoms with E-state index in [4.69, 9.17) is 5.11 Å². The molecule has 0 heterocycles. The molecule has 0 aliphatic rings. The van der Waals surface area contributed by atoms with Crippen LogP contribution >= 0.6 is 0 Å². The van der Waals surface area contributed by atoms with Crippen LogP contribution in [-0.2, 0) is 20.9 Å². The van der Waals surface area contributed by atoms with Gasteiger partial charge in [-0.25, -0.2) is 4.21 Å². The number of hydrogen-bond acceptors (Lipinski definition) is 3. The van der Waals surface area contributed by atoms with E-state index in [1.807, 2.05) is 43.3 Å². The Kier molecular flexibility index (Phi) is 5.83. The first-order chi connectivity index (χ1) is 11.5. The Morgan fingerprint density at radius 1 is 1.21 bits per heavy atom. The molecule has 0 saturated heterocycles. The van der Waals surface area contributed by atoms with Crippen molar-refractivity contribution in [2.75, 3.05) is 4.31 Å². The molecule has 2 N–H and O–H groups in total. The Morgan fingerprint density at radius 2 is 1.88 bits per heavy atom. The lowest BCUT2D eigenvalue weighted by atomic mass is 9.98. The third kappa shape index (κ3) is 3.87. The number of aldehydes is 1. The first-order valence-corrected chi connectivity index (χ1v) is 8.24. The summed E-state index contributed by atoms with van der Waals surface area (Å²) in [5.74, 6) is -1.23. The van der Waals surface area contributed by atoms with Crippen LogP contribution in [0, 0.1) is 6.92 Å². The summed E-state index contributed by atoms with van der Waals surface area (Å²) in [5.41, 5.74) is 2.66. The first kappa shape index (κ1) is 17.8. The fourth-order valence-electron chi connectivity index (χ4n) is 2.56. The van der Waals surface area contributed by atoms with Crippen LogP contribution in [0.2, 0.25) is 0 Å². The number of aryl methyl sites for hydroxylation is 1. The minimum absolute atomic E-state index is 0.334. The second-order valence-corrected chi connectivity index (χ2v) is 6.05. The molecule has 2 rings (SSSR count). The van der Waals surface area contributed by atoms with Crippen molar-refractivity contribution >= 4 is 29.2 Å². The molecule has 2 aromatic rings. The number of carboxylic acids is 1. The topological polar surface area (TPSA) is 94.9 Å². The van der Waals surface area contributed by atoms with Crippen molar-refractivity contribution in [2.45, 2.75) is 19.4 Å². The number of carboxylic acid groups (broad SMARTS) is 1. The lowest BCUT2D eigenvalue weighted by Crippen LogP contribution is -2.39. The van der Waals surface area contributed by atoms with Gasteiger partial charge in [0.15, 0.2) is 0 Å². The molecule has 24 heavy (non-hydrogen) atoms. The summed E-state index contributed by atoms with van der Waals surface area (Å²) in [4.78, 5) is 22.3. The third-order valence-electron chi connectivity index (χ3n) is 3.56. The van der Waals surface area contributed by atoms with Crippen molar-refractivity contribution in [1.82, 2.24) is 0 Å². The molecule has 2 atom stereocenters.